The van der Waals surface area contributed by atoms with E-state index >= 15 is 0 Å². The summed E-state index contributed by atoms with van der Waals surface area (Å²) >= 11 is 0. The fourth-order valence-corrected chi connectivity index (χ4v) is 5.01. The highest BCUT2D eigenvalue weighted by atomic mass is 16.2. The molecule has 0 bridgehead atoms. The number of hydrogen-bond donors (Lipinski definition) is 0. The van der Waals surface area contributed by atoms with Gasteiger partial charge in [0.25, 0.3) is 5.91 Å². The Balaban J connectivity index is 1.49. The molecular formula is C24H26N4O2. The van der Waals surface area contributed by atoms with Crippen molar-refractivity contribution in [1.82, 2.24) is 4.90 Å². The first-order valence-corrected chi connectivity index (χ1v) is 10.7. The van der Waals surface area contributed by atoms with Crippen LogP contribution in [-0.2, 0) is 6.42 Å². The maximum atomic E-state index is 13.2. The quantitative estimate of drug-likeness (QED) is 0.383. The van der Waals surface area contributed by atoms with Gasteiger partial charge in [-0.25, -0.2) is 0 Å². The van der Waals surface area contributed by atoms with Gasteiger partial charge in [-0.2, -0.15) is 0 Å². The fourth-order valence-electron chi connectivity index (χ4n) is 5.01. The van der Waals surface area contributed by atoms with Gasteiger partial charge in [0.15, 0.2) is 0 Å². The first-order chi connectivity index (χ1) is 14.7. The van der Waals surface area contributed by atoms with E-state index in [-0.39, 0.29) is 5.91 Å². The Labute approximate surface area is 176 Å². The SMILES string of the molecule is [N-]=[N+]=NC(=O)c1ccccc1Cc1ccc(C(=O)N2CCCC3CCCCC32)cc1. The standard InChI is InChI=1S/C24H26N4O2/c25-27-26-23(29)21-9-3-1-7-20(21)16-17-11-13-19(14-12-17)24(30)28-15-5-8-18-6-2-4-10-22(18)28/h1,3,7,9,11-14,18,22H,2,4-6,8,10,15-16H2. The molecule has 2 fully saturated rings. The molecule has 6 heteroatoms. The second kappa shape index (κ2) is 9.14. The van der Waals surface area contributed by atoms with Crippen LogP contribution in [0.2, 0.25) is 0 Å². The van der Waals surface area contributed by atoms with Crippen molar-refractivity contribution in [3.05, 3.63) is 81.2 Å². The third-order valence-corrected chi connectivity index (χ3v) is 6.48. The van der Waals surface area contributed by atoms with Crippen LogP contribution < -0.4 is 0 Å². The topological polar surface area (TPSA) is 86.1 Å². The molecule has 2 aromatic carbocycles. The van der Waals surface area contributed by atoms with Crippen molar-refractivity contribution in [3.8, 4) is 0 Å². The van der Waals surface area contributed by atoms with E-state index < -0.39 is 5.91 Å². The van der Waals surface area contributed by atoms with Gasteiger partial charge in [-0.1, -0.05) is 49.2 Å². The molecule has 30 heavy (non-hydrogen) atoms. The summed E-state index contributed by atoms with van der Waals surface area (Å²) in [6.07, 6.45) is 7.78. The minimum Gasteiger partial charge on any atom is -0.335 e. The molecule has 154 valence electrons. The predicted octanol–water partition coefficient (Wildman–Crippen LogP) is 5.52. The summed E-state index contributed by atoms with van der Waals surface area (Å²) in [4.78, 5) is 29.9. The molecule has 6 nitrogen and oxygen atoms in total. The number of benzene rings is 2. The van der Waals surface area contributed by atoms with Gasteiger partial charge in [-0.05, 0) is 71.9 Å². The lowest BCUT2D eigenvalue weighted by atomic mass is 9.78. The van der Waals surface area contributed by atoms with E-state index in [1.165, 1.54) is 25.7 Å². The molecule has 2 aromatic rings. The van der Waals surface area contributed by atoms with Crippen molar-refractivity contribution in [2.45, 2.75) is 51.0 Å². The summed E-state index contributed by atoms with van der Waals surface area (Å²) < 4.78 is 0. The zero-order valence-electron chi connectivity index (χ0n) is 17.0. The van der Waals surface area contributed by atoms with Gasteiger partial charge in [-0.3, -0.25) is 9.59 Å². The summed E-state index contributed by atoms with van der Waals surface area (Å²) in [5.74, 6) is 0.227. The van der Waals surface area contributed by atoms with Crippen molar-refractivity contribution >= 4 is 11.8 Å². The van der Waals surface area contributed by atoms with E-state index in [0.717, 1.165) is 36.1 Å². The second-order valence-corrected chi connectivity index (χ2v) is 8.28. The van der Waals surface area contributed by atoms with Gasteiger partial charge >= 0.3 is 0 Å². The number of amides is 2. The summed E-state index contributed by atoms with van der Waals surface area (Å²) in [5.41, 5.74) is 11.5. The van der Waals surface area contributed by atoms with Crippen molar-refractivity contribution in [1.29, 1.82) is 0 Å². The minimum absolute atomic E-state index is 0.136. The Morgan fingerprint density at radius 3 is 2.53 bits per heavy atom. The van der Waals surface area contributed by atoms with Crippen LogP contribution in [0.5, 0.6) is 0 Å². The first-order valence-electron chi connectivity index (χ1n) is 10.7. The molecule has 2 aliphatic rings. The lowest BCUT2D eigenvalue weighted by Crippen LogP contribution is -2.49. The first kappa shape index (κ1) is 20.2. The molecule has 1 aliphatic carbocycles. The van der Waals surface area contributed by atoms with Crippen LogP contribution in [0.25, 0.3) is 10.4 Å². The number of fused-ring (bicyclic) bond motifs is 1. The summed E-state index contributed by atoms with van der Waals surface area (Å²) in [7, 11) is 0. The van der Waals surface area contributed by atoms with E-state index in [1.807, 2.05) is 36.4 Å². The van der Waals surface area contributed by atoms with E-state index in [9.17, 15) is 9.59 Å². The van der Waals surface area contributed by atoms with Gasteiger partial charge in [0.2, 0.25) is 5.91 Å². The summed E-state index contributed by atoms with van der Waals surface area (Å²) in [6.45, 7) is 0.858. The highest BCUT2D eigenvalue weighted by molar-refractivity contribution is 5.96. The number of azide groups is 1. The number of carbonyl (C=O) groups is 2. The molecule has 1 aliphatic heterocycles. The van der Waals surface area contributed by atoms with Gasteiger partial charge in [-0.15, -0.1) is 0 Å². The molecule has 1 saturated heterocycles. The Kier molecular flexibility index (Phi) is 6.15. The minimum atomic E-state index is -0.577. The Bertz CT molecular complexity index is 977. The van der Waals surface area contributed by atoms with Gasteiger partial charge < -0.3 is 4.90 Å². The normalized spacial score (nSPS) is 20.7. The Morgan fingerprint density at radius 2 is 1.73 bits per heavy atom. The van der Waals surface area contributed by atoms with Gasteiger partial charge in [0.05, 0.1) is 0 Å². The summed E-state index contributed by atoms with van der Waals surface area (Å²) in [6, 6.07) is 15.2. The van der Waals surface area contributed by atoms with E-state index in [0.29, 0.717) is 23.9 Å². The second-order valence-electron chi connectivity index (χ2n) is 8.28. The number of rotatable bonds is 4. The number of hydrogen-bond acceptors (Lipinski definition) is 2. The van der Waals surface area contributed by atoms with E-state index in [2.05, 4.69) is 14.9 Å². The molecule has 1 saturated carbocycles. The maximum absolute atomic E-state index is 13.2. The molecule has 0 N–H and O–H groups in total. The van der Waals surface area contributed by atoms with Crippen molar-refractivity contribution in [3.63, 3.8) is 0 Å². The molecule has 0 radical (unpaired) electrons. The third kappa shape index (κ3) is 4.24. The fraction of sp³-hybridized carbons (Fsp3) is 0.417. The van der Waals surface area contributed by atoms with Crippen LogP contribution in [0.15, 0.2) is 53.6 Å². The van der Waals surface area contributed by atoms with Crippen LogP contribution in [0.3, 0.4) is 0 Å². The largest absolute Gasteiger partial charge is 0.335 e. The molecular weight excluding hydrogens is 376 g/mol. The monoisotopic (exact) mass is 402 g/mol. The Hall–Kier alpha value is -3.11. The van der Waals surface area contributed by atoms with E-state index in [4.69, 9.17) is 5.53 Å². The molecule has 0 aromatic heterocycles. The van der Waals surface area contributed by atoms with Crippen molar-refractivity contribution in [2.24, 2.45) is 11.0 Å². The smallest absolute Gasteiger partial charge is 0.254 e. The average Bonchev–Trinajstić information content (AvgIpc) is 2.79. The van der Waals surface area contributed by atoms with Crippen LogP contribution in [0.4, 0.5) is 0 Å². The van der Waals surface area contributed by atoms with Crippen molar-refractivity contribution in [2.75, 3.05) is 6.54 Å². The predicted molar refractivity (Wildman–Crippen MR) is 115 cm³/mol. The number of piperidine rings is 1. The number of likely N-dealkylation sites (tertiary alicyclic amines) is 1. The Morgan fingerprint density at radius 1 is 1.00 bits per heavy atom. The van der Waals surface area contributed by atoms with Gasteiger partial charge in [0, 0.05) is 28.6 Å². The lowest BCUT2D eigenvalue weighted by molar-refractivity contribution is 0.0390. The van der Waals surface area contributed by atoms with Crippen LogP contribution >= 0.6 is 0 Å². The summed E-state index contributed by atoms with van der Waals surface area (Å²) in [5, 5.41) is 3.21. The zero-order valence-corrected chi connectivity index (χ0v) is 17.0. The average molecular weight is 402 g/mol. The highest BCUT2D eigenvalue weighted by Crippen LogP contribution is 2.36. The molecule has 4 rings (SSSR count). The molecule has 1 heterocycles. The maximum Gasteiger partial charge on any atom is 0.254 e. The van der Waals surface area contributed by atoms with Crippen LogP contribution in [0, 0.1) is 5.92 Å². The van der Waals surface area contributed by atoms with Gasteiger partial charge in [0.1, 0.15) is 0 Å². The molecule has 2 unspecified atom stereocenters. The molecule has 0 spiro atoms. The number of carbonyl (C=O) groups excluding carboxylic acids is 2. The number of nitrogens with zero attached hydrogens (tertiary/aromatic N) is 4. The third-order valence-electron chi connectivity index (χ3n) is 6.48. The molecule has 2 atom stereocenters. The highest BCUT2D eigenvalue weighted by Gasteiger charge is 2.35. The van der Waals surface area contributed by atoms with Crippen LogP contribution in [0.1, 0.15) is 70.4 Å². The lowest BCUT2D eigenvalue weighted by Gasteiger charge is -2.44. The zero-order chi connectivity index (χ0) is 20.9. The van der Waals surface area contributed by atoms with Crippen LogP contribution in [-0.4, -0.2) is 29.3 Å². The molecule has 2 amide bonds. The van der Waals surface area contributed by atoms with Crippen molar-refractivity contribution < 1.29 is 9.59 Å². The van der Waals surface area contributed by atoms with E-state index in [1.54, 1.807) is 12.1 Å².